The largest absolute Gasteiger partial charge is 0.371 e. The second-order valence-corrected chi connectivity index (χ2v) is 3.22. The number of hydrogen-bond acceptors (Lipinski definition) is 2. The summed E-state index contributed by atoms with van der Waals surface area (Å²) in [6.45, 7) is -0.685. The van der Waals surface area contributed by atoms with Crippen LogP contribution in [0.15, 0.2) is 18.2 Å². The van der Waals surface area contributed by atoms with Crippen LogP contribution in [0.2, 0.25) is 0 Å². The van der Waals surface area contributed by atoms with Crippen molar-refractivity contribution in [3.63, 3.8) is 0 Å². The molecule has 0 spiro atoms. The van der Waals surface area contributed by atoms with Crippen molar-refractivity contribution in [3.05, 3.63) is 35.1 Å². The van der Waals surface area contributed by atoms with Gasteiger partial charge in [-0.15, -0.1) is 0 Å². The Balaban J connectivity index is 2.63. The Bertz CT molecular complexity index is 423. The maximum Gasteiger partial charge on any atom is 0.261 e. The number of alkyl halides is 2. The molecule has 0 aliphatic rings. The zero-order valence-electron chi connectivity index (χ0n) is 9.05. The van der Waals surface area contributed by atoms with Crippen molar-refractivity contribution in [2.75, 3.05) is 13.2 Å². The Kier molecular flexibility index (Phi) is 5.53. The highest BCUT2D eigenvalue weighted by Gasteiger charge is 2.06. The van der Waals surface area contributed by atoms with Gasteiger partial charge < -0.3 is 10.5 Å². The van der Waals surface area contributed by atoms with Gasteiger partial charge in [-0.25, -0.2) is 13.2 Å². The third-order valence-electron chi connectivity index (χ3n) is 1.89. The number of nitrogens with two attached hydrogens (primary N) is 1. The fourth-order valence-corrected chi connectivity index (χ4v) is 1.15. The standard InChI is InChI=1S/C12H12F3NO/c13-11-6-9(2-1-5-16)3-4-10(11)7-17-8-12(14)15/h3-4,6,12H,5,7-8,16H2. The molecule has 0 unspecified atom stereocenters. The SMILES string of the molecule is NCC#Cc1ccc(COCC(F)F)c(F)c1. The molecule has 2 N–H and O–H groups in total. The summed E-state index contributed by atoms with van der Waals surface area (Å²) in [5, 5.41) is 0. The Morgan fingerprint density at radius 3 is 2.71 bits per heavy atom. The third-order valence-corrected chi connectivity index (χ3v) is 1.89. The quantitative estimate of drug-likeness (QED) is 0.820. The van der Waals surface area contributed by atoms with E-state index in [-0.39, 0.29) is 18.7 Å². The highest BCUT2D eigenvalue weighted by atomic mass is 19.3. The lowest BCUT2D eigenvalue weighted by molar-refractivity contribution is 0.00901. The van der Waals surface area contributed by atoms with Crippen molar-refractivity contribution < 1.29 is 17.9 Å². The molecule has 0 fully saturated rings. The van der Waals surface area contributed by atoms with Gasteiger partial charge in [0.05, 0.1) is 13.2 Å². The molecule has 2 nitrogen and oxygen atoms in total. The van der Waals surface area contributed by atoms with Crippen molar-refractivity contribution >= 4 is 0 Å². The summed E-state index contributed by atoms with van der Waals surface area (Å²) in [6, 6.07) is 4.28. The predicted octanol–water partition coefficient (Wildman–Crippen LogP) is 1.92. The summed E-state index contributed by atoms with van der Waals surface area (Å²) in [7, 11) is 0. The van der Waals surface area contributed by atoms with Crippen LogP contribution >= 0.6 is 0 Å². The van der Waals surface area contributed by atoms with Crippen LogP contribution in [0.1, 0.15) is 11.1 Å². The molecule has 1 aromatic rings. The molecule has 0 heterocycles. The molecule has 0 aliphatic heterocycles. The van der Waals surface area contributed by atoms with Crippen molar-refractivity contribution in [2.24, 2.45) is 5.73 Å². The van der Waals surface area contributed by atoms with Crippen LogP contribution in [0.3, 0.4) is 0 Å². The minimum absolute atomic E-state index is 0.180. The zero-order chi connectivity index (χ0) is 12.7. The maximum atomic E-state index is 13.4. The number of hydrogen-bond donors (Lipinski definition) is 1. The van der Waals surface area contributed by atoms with Crippen LogP contribution in [-0.4, -0.2) is 19.6 Å². The fourth-order valence-electron chi connectivity index (χ4n) is 1.15. The van der Waals surface area contributed by atoms with Gasteiger partial charge in [0.25, 0.3) is 6.43 Å². The molecule has 17 heavy (non-hydrogen) atoms. The lowest BCUT2D eigenvalue weighted by atomic mass is 10.1. The second-order valence-electron chi connectivity index (χ2n) is 3.22. The molecule has 5 heteroatoms. The van der Waals surface area contributed by atoms with E-state index in [0.717, 1.165) is 0 Å². The topological polar surface area (TPSA) is 35.2 Å². The van der Waals surface area contributed by atoms with Gasteiger partial charge in [0.15, 0.2) is 0 Å². The van der Waals surface area contributed by atoms with Gasteiger partial charge in [-0.2, -0.15) is 0 Å². The number of benzene rings is 1. The van der Waals surface area contributed by atoms with E-state index in [9.17, 15) is 13.2 Å². The van der Waals surface area contributed by atoms with Gasteiger partial charge >= 0.3 is 0 Å². The Morgan fingerprint density at radius 1 is 1.35 bits per heavy atom. The summed E-state index contributed by atoms with van der Waals surface area (Å²) in [5.74, 6) is 4.74. The van der Waals surface area contributed by atoms with Gasteiger partial charge in [0, 0.05) is 11.1 Å². The first kappa shape index (κ1) is 13.6. The number of rotatable bonds is 4. The first-order chi connectivity index (χ1) is 8.13. The van der Waals surface area contributed by atoms with Crippen LogP contribution in [0.25, 0.3) is 0 Å². The van der Waals surface area contributed by atoms with Crippen LogP contribution < -0.4 is 5.73 Å². The van der Waals surface area contributed by atoms with Crippen molar-refractivity contribution in [1.82, 2.24) is 0 Å². The normalized spacial score (nSPS) is 10.2. The van der Waals surface area contributed by atoms with Crippen molar-refractivity contribution in [1.29, 1.82) is 0 Å². The Morgan fingerprint density at radius 2 is 2.12 bits per heavy atom. The predicted molar refractivity (Wildman–Crippen MR) is 58.0 cm³/mol. The van der Waals surface area contributed by atoms with Gasteiger partial charge in [-0.1, -0.05) is 17.9 Å². The zero-order valence-corrected chi connectivity index (χ0v) is 9.05. The molecule has 0 amide bonds. The molecule has 0 bridgehead atoms. The van der Waals surface area contributed by atoms with Crippen LogP contribution in [0, 0.1) is 17.7 Å². The smallest absolute Gasteiger partial charge is 0.261 e. The molecule has 0 aromatic heterocycles. The maximum absolute atomic E-state index is 13.4. The monoisotopic (exact) mass is 243 g/mol. The Hall–Kier alpha value is -1.51. The van der Waals surface area contributed by atoms with Gasteiger partial charge in [0.1, 0.15) is 12.4 Å². The van der Waals surface area contributed by atoms with E-state index in [1.807, 2.05) is 0 Å². The van der Waals surface area contributed by atoms with E-state index < -0.39 is 18.8 Å². The molecular weight excluding hydrogens is 231 g/mol. The first-order valence-electron chi connectivity index (χ1n) is 4.96. The molecule has 0 saturated heterocycles. The van der Waals surface area contributed by atoms with E-state index in [1.54, 1.807) is 6.07 Å². The average molecular weight is 243 g/mol. The van der Waals surface area contributed by atoms with E-state index in [1.165, 1.54) is 12.1 Å². The van der Waals surface area contributed by atoms with E-state index in [4.69, 9.17) is 5.73 Å². The lowest BCUT2D eigenvalue weighted by Gasteiger charge is -2.05. The summed E-state index contributed by atoms with van der Waals surface area (Å²) in [6.07, 6.45) is -2.55. The molecule has 0 saturated carbocycles. The minimum Gasteiger partial charge on any atom is -0.371 e. The van der Waals surface area contributed by atoms with E-state index in [0.29, 0.717) is 5.56 Å². The van der Waals surface area contributed by atoms with Crippen molar-refractivity contribution in [2.45, 2.75) is 13.0 Å². The third kappa shape index (κ3) is 4.89. The molecule has 0 aliphatic carbocycles. The molecule has 0 atom stereocenters. The summed E-state index contributed by atoms with van der Waals surface area (Å²) in [4.78, 5) is 0. The number of halogens is 3. The van der Waals surface area contributed by atoms with E-state index in [2.05, 4.69) is 16.6 Å². The summed E-state index contributed by atoms with van der Waals surface area (Å²) < 4.78 is 41.7. The van der Waals surface area contributed by atoms with Crippen LogP contribution in [0.4, 0.5) is 13.2 Å². The molecular formula is C12H12F3NO. The number of ether oxygens (including phenoxy) is 1. The fraction of sp³-hybridized carbons (Fsp3) is 0.333. The summed E-state index contributed by atoms with van der Waals surface area (Å²) >= 11 is 0. The summed E-state index contributed by atoms with van der Waals surface area (Å²) in [5.41, 5.74) is 5.90. The highest BCUT2D eigenvalue weighted by molar-refractivity contribution is 5.37. The highest BCUT2D eigenvalue weighted by Crippen LogP contribution is 2.11. The van der Waals surface area contributed by atoms with Crippen LogP contribution in [0.5, 0.6) is 0 Å². The van der Waals surface area contributed by atoms with Gasteiger partial charge in [0.2, 0.25) is 0 Å². The minimum atomic E-state index is -2.55. The molecule has 1 rings (SSSR count). The van der Waals surface area contributed by atoms with Gasteiger partial charge in [-0.3, -0.25) is 0 Å². The Labute approximate surface area is 97.6 Å². The average Bonchev–Trinajstić information content (AvgIpc) is 2.28. The van der Waals surface area contributed by atoms with Gasteiger partial charge in [-0.05, 0) is 12.1 Å². The first-order valence-corrected chi connectivity index (χ1v) is 4.96. The van der Waals surface area contributed by atoms with Crippen LogP contribution in [-0.2, 0) is 11.3 Å². The second kappa shape index (κ2) is 6.94. The molecule has 1 aromatic carbocycles. The van der Waals surface area contributed by atoms with E-state index >= 15 is 0 Å². The molecule has 0 radical (unpaired) electrons. The molecule has 92 valence electrons. The van der Waals surface area contributed by atoms with Crippen molar-refractivity contribution in [3.8, 4) is 11.8 Å². The lowest BCUT2D eigenvalue weighted by Crippen LogP contribution is -2.05.